The number of nitrogens with zero attached hydrogens (tertiary/aromatic N) is 2. The Morgan fingerprint density at radius 1 is 1.53 bits per heavy atom. The van der Waals surface area contributed by atoms with E-state index in [0.29, 0.717) is 5.88 Å². The largest absolute Gasteiger partial charge is 0.473 e. The Morgan fingerprint density at radius 3 is 3.07 bits per heavy atom. The van der Waals surface area contributed by atoms with E-state index >= 15 is 0 Å². The molecular weight excluding hydrogens is 195 g/mol. The Kier molecular flexibility index (Phi) is 3.16. The Morgan fingerprint density at radius 2 is 2.40 bits per heavy atom. The summed E-state index contributed by atoms with van der Waals surface area (Å²) in [7, 11) is 2.08. The van der Waals surface area contributed by atoms with Crippen molar-refractivity contribution >= 4 is 0 Å². The number of hydrogen-bond acceptors (Lipinski definition) is 3. The van der Waals surface area contributed by atoms with E-state index in [1.54, 1.807) is 6.07 Å². The fraction of sp³-hybridized carbons (Fsp3) is 0.545. The average Bonchev–Trinajstić information content (AvgIpc) is 2.22. The first-order chi connectivity index (χ1) is 7.24. The van der Waals surface area contributed by atoms with Gasteiger partial charge in [-0.3, -0.25) is 0 Å². The number of piperidine rings is 1. The molecule has 0 radical (unpaired) electrons. The summed E-state index contributed by atoms with van der Waals surface area (Å²) < 4.78 is 18.3. The molecule has 0 amide bonds. The van der Waals surface area contributed by atoms with Crippen LogP contribution in [0.15, 0.2) is 18.3 Å². The van der Waals surface area contributed by atoms with Crippen LogP contribution in [0.2, 0.25) is 0 Å². The van der Waals surface area contributed by atoms with Gasteiger partial charge in [-0.25, -0.2) is 9.37 Å². The zero-order valence-corrected chi connectivity index (χ0v) is 8.82. The van der Waals surface area contributed by atoms with Gasteiger partial charge in [0.05, 0.1) is 6.20 Å². The number of ether oxygens (including phenoxy) is 1. The molecule has 2 heterocycles. The van der Waals surface area contributed by atoms with Gasteiger partial charge >= 0.3 is 0 Å². The highest BCUT2D eigenvalue weighted by Gasteiger charge is 2.18. The summed E-state index contributed by atoms with van der Waals surface area (Å²) in [5, 5.41) is 0. The van der Waals surface area contributed by atoms with Gasteiger partial charge in [0.1, 0.15) is 11.9 Å². The van der Waals surface area contributed by atoms with Gasteiger partial charge in [0.15, 0.2) is 0 Å². The number of hydrogen-bond donors (Lipinski definition) is 0. The lowest BCUT2D eigenvalue weighted by Gasteiger charge is -2.29. The topological polar surface area (TPSA) is 25.4 Å². The van der Waals surface area contributed by atoms with Gasteiger partial charge in [0, 0.05) is 12.6 Å². The summed E-state index contributed by atoms with van der Waals surface area (Å²) in [6.45, 7) is 2.04. The summed E-state index contributed by atoms with van der Waals surface area (Å²) in [5.41, 5.74) is 0. The molecule has 0 N–H and O–H groups in total. The van der Waals surface area contributed by atoms with Crippen molar-refractivity contribution in [2.24, 2.45) is 0 Å². The molecule has 3 nitrogen and oxygen atoms in total. The molecule has 0 aliphatic carbocycles. The third-order valence-electron chi connectivity index (χ3n) is 2.57. The zero-order chi connectivity index (χ0) is 10.7. The van der Waals surface area contributed by atoms with E-state index in [1.807, 2.05) is 0 Å². The summed E-state index contributed by atoms with van der Waals surface area (Å²) in [6.07, 6.45) is 3.55. The minimum atomic E-state index is -0.330. The SMILES string of the molecule is CN1CCCC(Oc2ccc(F)cn2)C1. The van der Waals surface area contributed by atoms with Crippen LogP contribution < -0.4 is 4.74 Å². The molecular formula is C11H15FN2O. The molecule has 1 aromatic rings. The van der Waals surface area contributed by atoms with Crippen LogP contribution in [0.25, 0.3) is 0 Å². The zero-order valence-electron chi connectivity index (χ0n) is 8.82. The van der Waals surface area contributed by atoms with E-state index in [-0.39, 0.29) is 11.9 Å². The molecule has 1 unspecified atom stereocenters. The molecule has 1 aliphatic rings. The minimum absolute atomic E-state index is 0.182. The summed E-state index contributed by atoms with van der Waals surface area (Å²) in [6, 6.07) is 2.94. The van der Waals surface area contributed by atoms with Crippen LogP contribution in [-0.2, 0) is 0 Å². The number of aromatic nitrogens is 1. The van der Waals surface area contributed by atoms with E-state index in [1.165, 1.54) is 12.3 Å². The van der Waals surface area contributed by atoms with E-state index < -0.39 is 0 Å². The van der Waals surface area contributed by atoms with E-state index in [9.17, 15) is 4.39 Å². The van der Waals surface area contributed by atoms with Crippen LogP contribution in [0.5, 0.6) is 5.88 Å². The molecule has 0 aromatic carbocycles. The predicted molar refractivity (Wildman–Crippen MR) is 55.3 cm³/mol. The van der Waals surface area contributed by atoms with Crippen molar-refractivity contribution in [1.29, 1.82) is 0 Å². The summed E-state index contributed by atoms with van der Waals surface area (Å²) in [4.78, 5) is 6.12. The molecule has 1 fully saturated rings. The highest BCUT2D eigenvalue weighted by atomic mass is 19.1. The van der Waals surface area contributed by atoms with Gasteiger partial charge in [-0.15, -0.1) is 0 Å². The van der Waals surface area contributed by atoms with Gasteiger partial charge in [0.2, 0.25) is 5.88 Å². The molecule has 1 aliphatic heterocycles. The molecule has 15 heavy (non-hydrogen) atoms. The van der Waals surface area contributed by atoms with Crippen LogP contribution in [-0.4, -0.2) is 36.1 Å². The van der Waals surface area contributed by atoms with Crippen molar-refractivity contribution in [3.05, 3.63) is 24.1 Å². The Labute approximate surface area is 88.9 Å². The molecule has 0 spiro atoms. The monoisotopic (exact) mass is 210 g/mol. The second-order valence-corrected chi connectivity index (χ2v) is 3.96. The lowest BCUT2D eigenvalue weighted by Crippen LogP contribution is -2.38. The molecule has 0 bridgehead atoms. The first kappa shape index (κ1) is 10.4. The Hall–Kier alpha value is -1.16. The standard InChI is InChI=1S/C11H15FN2O/c1-14-6-2-3-10(8-14)15-11-5-4-9(12)7-13-11/h4-5,7,10H,2-3,6,8H2,1H3. The predicted octanol–water partition coefficient (Wildman–Crippen LogP) is 1.69. The van der Waals surface area contributed by atoms with Crippen molar-refractivity contribution in [2.75, 3.05) is 20.1 Å². The summed E-state index contributed by atoms with van der Waals surface area (Å²) in [5.74, 6) is 0.180. The fourth-order valence-corrected chi connectivity index (χ4v) is 1.82. The maximum absolute atomic E-state index is 12.6. The maximum atomic E-state index is 12.6. The van der Waals surface area contributed by atoms with Gasteiger partial charge in [-0.2, -0.15) is 0 Å². The second-order valence-electron chi connectivity index (χ2n) is 3.96. The first-order valence-corrected chi connectivity index (χ1v) is 5.21. The highest BCUT2D eigenvalue weighted by molar-refractivity contribution is 5.11. The number of pyridine rings is 1. The number of rotatable bonds is 2. The van der Waals surface area contributed by atoms with E-state index in [0.717, 1.165) is 25.9 Å². The second kappa shape index (κ2) is 4.57. The van der Waals surface area contributed by atoms with Gasteiger partial charge in [-0.1, -0.05) is 0 Å². The molecule has 1 atom stereocenters. The number of likely N-dealkylation sites (tertiary alicyclic amines) is 1. The van der Waals surface area contributed by atoms with Gasteiger partial charge < -0.3 is 9.64 Å². The number of likely N-dealkylation sites (N-methyl/N-ethyl adjacent to an activating group) is 1. The van der Waals surface area contributed by atoms with Crippen LogP contribution >= 0.6 is 0 Å². The molecule has 82 valence electrons. The smallest absolute Gasteiger partial charge is 0.213 e. The molecule has 1 saturated heterocycles. The number of halogens is 1. The third-order valence-corrected chi connectivity index (χ3v) is 2.57. The third kappa shape index (κ3) is 2.89. The van der Waals surface area contributed by atoms with Crippen LogP contribution in [0.1, 0.15) is 12.8 Å². The molecule has 1 aromatic heterocycles. The maximum Gasteiger partial charge on any atom is 0.213 e. The van der Waals surface area contributed by atoms with Gasteiger partial charge in [0.25, 0.3) is 0 Å². The van der Waals surface area contributed by atoms with Crippen molar-refractivity contribution in [1.82, 2.24) is 9.88 Å². The van der Waals surface area contributed by atoms with Crippen molar-refractivity contribution < 1.29 is 9.13 Å². The molecule has 4 heteroatoms. The molecule has 0 saturated carbocycles. The Balaban J connectivity index is 1.93. The lowest BCUT2D eigenvalue weighted by molar-refractivity contribution is 0.0999. The van der Waals surface area contributed by atoms with Crippen molar-refractivity contribution in [3.8, 4) is 5.88 Å². The quantitative estimate of drug-likeness (QED) is 0.742. The molecule has 2 rings (SSSR count). The summed E-state index contributed by atoms with van der Waals surface area (Å²) >= 11 is 0. The van der Waals surface area contributed by atoms with Crippen LogP contribution in [0, 0.1) is 5.82 Å². The van der Waals surface area contributed by atoms with Crippen molar-refractivity contribution in [2.45, 2.75) is 18.9 Å². The van der Waals surface area contributed by atoms with E-state index in [4.69, 9.17) is 4.74 Å². The van der Waals surface area contributed by atoms with E-state index in [2.05, 4.69) is 16.9 Å². The van der Waals surface area contributed by atoms with Crippen LogP contribution in [0.4, 0.5) is 4.39 Å². The van der Waals surface area contributed by atoms with Crippen LogP contribution in [0.3, 0.4) is 0 Å². The lowest BCUT2D eigenvalue weighted by atomic mass is 10.1. The fourth-order valence-electron chi connectivity index (χ4n) is 1.82. The highest BCUT2D eigenvalue weighted by Crippen LogP contribution is 2.15. The van der Waals surface area contributed by atoms with Crippen molar-refractivity contribution in [3.63, 3.8) is 0 Å². The average molecular weight is 210 g/mol. The Bertz CT molecular complexity index is 315. The normalized spacial score (nSPS) is 22.7. The van der Waals surface area contributed by atoms with Gasteiger partial charge in [-0.05, 0) is 32.5 Å². The minimum Gasteiger partial charge on any atom is -0.473 e. The first-order valence-electron chi connectivity index (χ1n) is 5.21.